The molecule has 3 atom stereocenters. The first kappa shape index (κ1) is 53.7. The van der Waals surface area contributed by atoms with Gasteiger partial charge >= 0.3 is 5.97 Å². The molecule has 1 aliphatic heterocycles. The van der Waals surface area contributed by atoms with Gasteiger partial charge in [-0.2, -0.15) is 5.26 Å². The van der Waals surface area contributed by atoms with Crippen LogP contribution < -0.4 is 20.7 Å². The zero-order valence-corrected chi connectivity index (χ0v) is 45.0. The molecule has 16 heteroatoms. The van der Waals surface area contributed by atoms with Crippen molar-refractivity contribution in [3.05, 3.63) is 105 Å². The van der Waals surface area contributed by atoms with E-state index in [1.807, 2.05) is 69.6 Å². The molecule has 72 heavy (non-hydrogen) atoms. The summed E-state index contributed by atoms with van der Waals surface area (Å²) >= 11 is 5.02. The van der Waals surface area contributed by atoms with Crippen LogP contribution in [0.25, 0.3) is 10.4 Å². The molecule has 3 N–H and O–H groups in total. The van der Waals surface area contributed by atoms with Crippen LogP contribution in [0.1, 0.15) is 127 Å². The minimum absolute atomic E-state index is 0.0222. The highest BCUT2D eigenvalue weighted by Crippen LogP contribution is 2.56. The minimum atomic E-state index is -0.989. The number of aromatic nitrogens is 1. The van der Waals surface area contributed by atoms with Crippen LogP contribution in [0.2, 0.25) is 0 Å². The normalized spacial score (nSPS) is 20.6. The molecule has 4 amide bonds. The Morgan fingerprint density at radius 1 is 0.972 bits per heavy atom. The number of hydrogen-bond acceptors (Lipinski definition) is 11. The number of ether oxygens (including phenoxy) is 3. The van der Waals surface area contributed by atoms with E-state index in [1.54, 1.807) is 41.7 Å². The summed E-state index contributed by atoms with van der Waals surface area (Å²) in [6, 6.07) is 20.7. The molecule has 2 heterocycles. The first-order chi connectivity index (χ1) is 34.0. The zero-order valence-electron chi connectivity index (χ0n) is 42.6. The second-order valence-electron chi connectivity index (χ2n) is 21.4. The van der Waals surface area contributed by atoms with Crippen molar-refractivity contribution < 1.29 is 38.2 Å². The molecule has 2 saturated carbocycles. The maximum Gasteiger partial charge on any atom is 0.302 e. The largest absolute Gasteiger partial charge is 0.489 e. The SMILES string of the molecule is CC(=O)OC1CC(C(=O)NC2(c3ccc(-c4scnc4C)cc3)CC2)N(C(=O)C(NC(=O)COCCCCC#Cc2ccc(C(=O)NC3C(C)(C)C(Oc4ccc(C#N)c(Br)c4)C3(C)C)cc2)C(C)(C)C)C1. The summed E-state index contributed by atoms with van der Waals surface area (Å²) in [6.45, 7) is 17.2. The lowest BCUT2D eigenvalue weighted by atomic mass is 9.49. The van der Waals surface area contributed by atoms with Crippen LogP contribution in [-0.4, -0.2) is 89.6 Å². The Hall–Kier alpha value is -6.07. The molecule has 0 radical (unpaired) electrons. The monoisotopic (exact) mass is 1060 g/mol. The average molecular weight is 1060 g/mol. The number of likely N-dealkylation sites (tertiary alicyclic amines) is 1. The molecule has 7 rings (SSSR count). The number of benzene rings is 3. The van der Waals surface area contributed by atoms with Crippen molar-refractivity contribution in [3.63, 3.8) is 0 Å². The Morgan fingerprint density at radius 2 is 1.67 bits per heavy atom. The number of unbranched alkanes of at least 4 members (excludes halogenated alkanes) is 2. The smallest absolute Gasteiger partial charge is 0.302 e. The number of thiazole rings is 1. The Balaban J connectivity index is 0.851. The predicted octanol–water partition coefficient (Wildman–Crippen LogP) is 8.77. The van der Waals surface area contributed by atoms with E-state index in [9.17, 15) is 29.2 Å². The molecular weight excluding hydrogens is 997 g/mol. The third-order valence-electron chi connectivity index (χ3n) is 14.0. The van der Waals surface area contributed by atoms with E-state index in [0.29, 0.717) is 40.8 Å². The molecule has 3 unspecified atom stereocenters. The number of halogens is 1. The molecule has 380 valence electrons. The summed E-state index contributed by atoms with van der Waals surface area (Å²) in [6.07, 6.45) is 2.78. The Kier molecular flexibility index (Phi) is 16.4. The van der Waals surface area contributed by atoms with Crippen molar-refractivity contribution in [2.75, 3.05) is 19.8 Å². The Bertz CT molecular complexity index is 2760. The molecular formula is C56H65BrN6O8S. The number of carbonyl (C=O) groups excluding carboxylic acids is 5. The molecule has 3 fully saturated rings. The van der Waals surface area contributed by atoms with Gasteiger partial charge < -0.3 is 35.1 Å². The highest BCUT2D eigenvalue weighted by Gasteiger charge is 2.64. The quantitative estimate of drug-likeness (QED) is 0.0524. The Morgan fingerprint density at radius 3 is 2.26 bits per heavy atom. The maximum absolute atomic E-state index is 14.4. The van der Waals surface area contributed by atoms with Gasteiger partial charge in [-0.05, 0) is 108 Å². The average Bonchev–Trinajstić information content (AvgIpc) is 3.78. The van der Waals surface area contributed by atoms with Crippen LogP contribution >= 0.6 is 27.3 Å². The summed E-state index contributed by atoms with van der Waals surface area (Å²) in [7, 11) is 0. The molecule has 0 spiro atoms. The van der Waals surface area contributed by atoms with E-state index >= 15 is 0 Å². The summed E-state index contributed by atoms with van der Waals surface area (Å²) in [4.78, 5) is 74.2. The fourth-order valence-electron chi connectivity index (χ4n) is 10.3. The lowest BCUT2D eigenvalue weighted by molar-refractivity contribution is -0.164. The van der Waals surface area contributed by atoms with E-state index in [0.717, 1.165) is 46.5 Å². The molecule has 1 saturated heterocycles. The van der Waals surface area contributed by atoms with Gasteiger partial charge in [0.05, 0.1) is 33.7 Å². The van der Waals surface area contributed by atoms with E-state index in [-0.39, 0.29) is 54.4 Å². The third-order valence-corrected chi connectivity index (χ3v) is 15.7. The number of amides is 4. The van der Waals surface area contributed by atoms with Gasteiger partial charge in [-0.15, -0.1) is 11.3 Å². The molecule has 3 aliphatic rings. The number of aryl methyl sites for hydroxylation is 1. The predicted molar refractivity (Wildman–Crippen MR) is 278 cm³/mol. The number of nitrogens with zero attached hydrogens (tertiary/aromatic N) is 3. The topological polar surface area (TPSA) is 189 Å². The first-order valence-electron chi connectivity index (χ1n) is 24.5. The van der Waals surface area contributed by atoms with Gasteiger partial charge in [0.15, 0.2) is 0 Å². The summed E-state index contributed by atoms with van der Waals surface area (Å²) < 4.78 is 18.3. The minimum Gasteiger partial charge on any atom is -0.489 e. The number of hydrogen-bond donors (Lipinski definition) is 3. The molecule has 14 nitrogen and oxygen atoms in total. The number of rotatable bonds is 17. The van der Waals surface area contributed by atoms with Gasteiger partial charge in [0, 0.05) is 58.8 Å². The molecule has 0 bridgehead atoms. The maximum atomic E-state index is 14.4. The van der Waals surface area contributed by atoms with Crippen LogP contribution in [0.15, 0.2) is 76.7 Å². The number of esters is 1. The summed E-state index contributed by atoms with van der Waals surface area (Å²) in [5, 5.41) is 18.6. The number of nitriles is 1. The lowest BCUT2D eigenvalue weighted by Crippen LogP contribution is -2.74. The third kappa shape index (κ3) is 12.2. The van der Waals surface area contributed by atoms with Crippen LogP contribution in [-0.2, 0) is 34.2 Å². The molecule has 2 aliphatic carbocycles. The van der Waals surface area contributed by atoms with Gasteiger partial charge in [-0.3, -0.25) is 24.0 Å². The van der Waals surface area contributed by atoms with E-state index in [1.165, 1.54) is 11.8 Å². The fourth-order valence-corrected chi connectivity index (χ4v) is 11.6. The highest BCUT2D eigenvalue weighted by molar-refractivity contribution is 9.10. The summed E-state index contributed by atoms with van der Waals surface area (Å²) in [5.41, 5.74) is 4.64. The van der Waals surface area contributed by atoms with Crippen molar-refractivity contribution in [2.45, 2.75) is 137 Å². The second kappa shape index (κ2) is 22.0. The van der Waals surface area contributed by atoms with Gasteiger partial charge in [0.25, 0.3) is 5.91 Å². The van der Waals surface area contributed by atoms with Gasteiger partial charge in [-0.1, -0.05) is 84.6 Å². The fraction of sp³-hybridized carbons (Fsp3) is 0.482. The second-order valence-corrected chi connectivity index (χ2v) is 23.2. The molecule has 4 aromatic rings. The van der Waals surface area contributed by atoms with Crippen LogP contribution in [0.4, 0.5) is 0 Å². The Labute approximate surface area is 435 Å². The lowest BCUT2D eigenvalue weighted by Gasteiger charge is -2.63. The van der Waals surface area contributed by atoms with Crippen molar-refractivity contribution in [3.8, 4) is 34.1 Å². The van der Waals surface area contributed by atoms with Gasteiger partial charge in [0.2, 0.25) is 17.7 Å². The molecule has 3 aromatic carbocycles. The highest BCUT2D eigenvalue weighted by atomic mass is 79.9. The number of nitrogens with one attached hydrogen (secondary N) is 3. The van der Waals surface area contributed by atoms with Crippen LogP contribution in [0, 0.1) is 46.3 Å². The van der Waals surface area contributed by atoms with Crippen molar-refractivity contribution in [2.24, 2.45) is 16.2 Å². The van der Waals surface area contributed by atoms with E-state index in [4.69, 9.17) is 14.2 Å². The van der Waals surface area contributed by atoms with E-state index in [2.05, 4.69) is 82.5 Å². The first-order valence-corrected chi connectivity index (χ1v) is 26.2. The van der Waals surface area contributed by atoms with Crippen LogP contribution in [0.5, 0.6) is 5.75 Å². The zero-order chi connectivity index (χ0) is 52.2. The van der Waals surface area contributed by atoms with Crippen molar-refractivity contribution >= 4 is 56.9 Å². The summed E-state index contributed by atoms with van der Waals surface area (Å²) in [5.74, 6) is 5.08. The van der Waals surface area contributed by atoms with Crippen LogP contribution in [0.3, 0.4) is 0 Å². The van der Waals surface area contributed by atoms with Gasteiger partial charge in [-0.25, -0.2) is 4.98 Å². The van der Waals surface area contributed by atoms with Gasteiger partial charge in [0.1, 0.15) is 42.7 Å². The van der Waals surface area contributed by atoms with Crippen molar-refractivity contribution in [1.82, 2.24) is 25.8 Å². The molecule has 1 aromatic heterocycles. The number of carbonyl (C=O) groups is 5. The van der Waals surface area contributed by atoms with E-state index < -0.39 is 46.9 Å². The standard InChI is InChI=1S/C56H65BrN6O8S/c1-34-46(72-33-59-34)37-19-22-40(23-20-37)56(25-26-56)62-49(67)44-29-42(70-35(2)64)31-63(44)50(68)47(53(3,4)5)60-45(65)32-69-27-13-11-10-12-14-36-15-17-38(18-16-36)48(66)61-51-54(6,7)52(55(51,8)9)71-41-24-21-39(30-58)43(57)28-41/h15-24,28,33,42,44,47,51-52H,10-11,13,25-27,29,31-32H2,1-9H3,(H,60,65)(H,61,66)(H,62,67). The van der Waals surface area contributed by atoms with Crippen molar-refractivity contribution in [1.29, 1.82) is 5.26 Å².